The van der Waals surface area contributed by atoms with Crippen LogP contribution in [0.15, 0.2) is 23.3 Å². The van der Waals surface area contributed by atoms with Crippen LogP contribution in [0.4, 0.5) is 17.1 Å². The minimum absolute atomic E-state index is 0.0999. The lowest BCUT2D eigenvalue weighted by Gasteiger charge is -2.43. The number of anilines is 1. The second kappa shape index (κ2) is 6.75. The Kier molecular flexibility index (Phi) is 5.07. The Morgan fingerprint density at radius 3 is 2.40 bits per heavy atom. The van der Waals surface area contributed by atoms with Gasteiger partial charge in [0.2, 0.25) is 0 Å². The largest absolute Gasteiger partial charge is 0.372 e. The summed E-state index contributed by atoms with van der Waals surface area (Å²) in [6.07, 6.45) is 2.72. The van der Waals surface area contributed by atoms with Crippen LogP contribution in [0.5, 0.6) is 0 Å². The van der Waals surface area contributed by atoms with Gasteiger partial charge in [-0.15, -0.1) is 0 Å². The molecule has 0 heterocycles. The Bertz CT molecular complexity index is 731. The van der Waals surface area contributed by atoms with E-state index >= 15 is 0 Å². The second-order valence-corrected chi connectivity index (χ2v) is 6.96. The fourth-order valence-electron chi connectivity index (χ4n) is 3.28. The summed E-state index contributed by atoms with van der Waals surface area (Å²) in [4.78, 5) is 20.7. The zero-order valence-electron chi connectivity index (χ0n) is 14.7. The van der Waals surface area contributed by atoms with E-state index in [4.69, 9.17) is 4.74 Å². The number of hydrazone groups is 1. The number of ether oxygens (including phenoxy) is 1. The molecule has 1 atom stereocenters. The van der Waals surface area contributed by atoms with Crippen molar-refractivity contribution in [2.45, 2.75) is 45.6 Å². The van der Waals surface area contributed by atoms with Gasteiger partial charge in [-0.1, -0.05) is 13.8 Å². The topological polar surface area (TPSA) is 120 Å². The van der Waals surface area contributed by atoms with Crippen LogP contribution in [0.1, 0.15) is 40.0 Å². The number of nitro groups is 2. The first-order chi connectivity index (χ1) is 11.6. The highest BCUT2D eigenvalue weighted by Crippen LogP contribution is 2.40. The van der Waals surface area contributed by atoms with Gasteiger partial charge in [0.25, 0.3) is 5.69 Å². The molecule has 1 aromatic carbocycles. The van der Waals surface area contributed by atoms with Crippen molar-refractivity contribution in [3.05, 3.63) is 38.4 Å². The molecule has 1 aliphatic carbocycles. The van der Waals surface area contributed by atoms with Gasteiger partial charge in [-0.2, -0.15) is 5.10 Å². The number of hydrogen-bond acceptors (Lipinski definition) is 7. The summed E-state index contributed by atoms with van der Waals surface area (Å²) in [5, 5.41) is 26.5. The zero-order valence-corrected chi connectivity index (χ0v) is 14.7. The second-order valence-electron chi connectivity index (χ2n) is 6.96. The molecule has 9 nitrogen and oxygen atoms in total. The van der Waals surface area contributed by atoms with E-state index in [1.165, 1.54) is 12.1 Å². The summed E-state index contributed by atoms with van der Waals surface area (Å²) < 4.78 is 5.65. The van der Waals surface area contributed by atoms with Crippen LogP contribution < -0.4 is 5.43 Å². The molecule has 1 saturated carbocycles. The van der Waals surface area contributed by atoms with Crippen molar-refractivity contribution in [2.24, 2.45) is 10.5 Å². The molecule has 1 aromatic rings. The molecule has 1 unspecified atom stereocenters. The van der Waals surface area contributed by atoms with E-state index < -0.39 is 21.1 Å². The van der Waals surface area contributed by atoms with Crippen molar-refractivity contribution in [3.8, 4) is 0 Å². The standard InChI is InChI=1S/C16H22N4O5/c1-15(2)8-5-9-16(3,25-4)14(15)18-17-12-7-6-11(19(21)22)10-13(12)20(23)24/h6-7,10,17H,5,8-9H2,1-4H3/b18-14-. The van der Waals surface area contributed by atoms with E-state index in [0.717, 1.165) is 31.0 Å². The molecule has 9 heteroatoms. The molecular formula is C16H22N4O5. The molecule has 0 spiro atoms. The lowest BCUT2D eigenvalue weighted by atomic mass is 9.68. The number of non-ortho nitro benzene ring substituents is 1. The van der Waals surface area contributed by atoms with E-state index in [1.54, 1.807) is 7.11 Å². The predicted octanol–water partition coefficient (Wildman–Crippen LogP) is 3.89. The molecule has 0 bridgehead atoms. The average molecular weight is 350 g/mol. The molecule has 0 saturated heterocycles. The Morgan fingerprint density at radius 2 is 1.84 bits per heavy atom. The normalized spacial score (nSPS) is 24.1. The van der Waals surface area contributed by atoms with E-state index in [2.05, 4.69) is 10.5 Å². The molecule has 25 heavy (non-hydrogen) atoms. The van der Waals surface area contributed by atoms with Gasteiger partial charge in [0.05, 0.1) is 21.6 Å². The highest BCUT2D eigenvalue weighted by atomic mass is 16.6. The highest BCUT2D eigenvalue weighted by molar-refractivity contribution is 5.98. The van der Waals surface area contributed by atoms with Gasteiger partial charge in [0.15, 0.2) is 0 Å². The maximum atomic E-state index is 11.2. The number of benzene rings is 1. The quantitative estimate of drug-likeness (QED) is 0.635. The molecule has 1 fully saturated rings. The molecule has 0 amide bonds. The molecule has 2 rings (SSSR count). The van der Waals surface area contributed by atoms with E-state index in [1.807, 2.05) is 20.8 Å². The maximum Gasteiger partial charge on any atom is 0.301 e. The lowest BCUT2D eigenvalue weighted by molar-refractivity contribution is -0.393. The Labute approximate surface area is 145 Å². The first-order valence-corrected chi connectivity index (χ1v) is 7.93. The van der Waals surface area contributed by atoms with Gasteiger partial charge in [0, 0.05) is 18.6 Å². The van der Waals surface area contributed by atoms with E-state index in [0.29, 0.717) is 0 Å². The van der Waals surface area contributed by atoms with Gasteiger partial charge < -0.3 is 4.74 Å². The summed E-state index contributed by atoms with van der Waals surface area (Å²) in [5.41, 5.74) is 2.05. The molecule has 0 aromatic heterocycles. The van der Waals surface area contributed by atoms with Gasteiger partial charge in [-0.25, -0.2) is 0 Å². The van der Waals surface area contributed by atoms with Gasteiger partial charge >= 0.3 is 5.69 Å². The molecule has 0 radical (unpaired) electrons. The number of nitro benzene ring substituents is 2. The van der Waals surface area contributed by atoms with Crippen molar-refractivity contribution in [1.82, 2.24) is 0 Å². The van der Waals surface area contributed by atoms with Crippen LogP contribution >= 0.6 is 0 Å². The molecule has 136 valence electrons. The van der Waals surface area contributed by atoms with Crippen molar-refractivity contribution < 1.29 is 14.6 Å². The Hall–Kier alpha value is -2.55. The minimum atomic E-state index is -0.672. The van der Waals surface area contributed by atoms with E-state index in [-0.39, 0.29) is 16.8 Å². The van der Waals surface area contributed by atoms with Gasteiger partial charge in [0.1, 0.15) is 11.3 Å². The predicted molar refractivity (Wildman–Crippen MR) is 93.9 cm³/mol. The zero-order chi connectivity index (χ0) is 18.8. The minimum Gasteiger partial charge on any atom is -0.372 e. The van der Waals surface area contributed by atoms with Gasteiger partial charge in [-0.3, -0.25) is 25.7 Å². The smallest absolute Gasteiger partial charge is 0.301 e. The maximum absolute atomic E-state index is 11.2. The molecular weight excluding hydrogens is 328 g/mol. The molecule has 1 N–H and O–H groups in total. The number of methoxy groups -OCH3 is 1. The van der Waals surface area contributed by atoms with Crippen molar-refractivity contribution in [2.75, 3.05) is 12.5 Å². The summed E-state index contributed by atoms with van der Waals surface area (Å²) in [6, 6.07) is 3.42. The average Bonchev–Trinajstić information content (AvgIpc) is 2.53. The van der Waals surface area contributed by atoms with Crippen LogP contribution in [-0.4, -0.2) is 28.3 Å². The van der Waals surface area contributed by atoms with Crippen LogP contribution in [0.25, 0.3) is 0 Å². The lowest BCUT2D eigenvalue weighted by Crippen LogP contribution is -2.49. The molecule has 1 aliphatic rings. The molecule has 0 aliphatic heterocycles. The number of hydrogen-bond donors (Lipinski definition) is 1. The van der Waals surface area contributed by atoms with E-state index in [9.17, 15) is 20.2 Å². The summed E-state index contributed by atoms with van der Waals surface area (Å²) >= 11 is 0. The third-order valence-electron chi connectivity index (χ3n) is 4.73. The first kappa shape index (κ1) is 18.8. The summed E-state index contributed by atoms with van der Waals surface area (Å²) in [5.74, 6) is 0. The van der Waals surface area contributed by atoms with Crippen molar-refractivity contribution in [1.29, 1.82) is 0 Å². The Balaban J connectivity index is 2.42. The third-order valence-corrected chi connectivity index (χ3v) is 4.73. The highest BCUT2D eigenvalue weighted by Gasteiger charge is 2.44. The number of nitrogens with one attached hydrogen (secondary N) is 1. The van der Waals surface area contributed by atoms with Crippen molar-refractivity contribution in [3.63, 3.8) is 0 Å². The summed E-state index contributed by atoms with van der Waals surface area (Å²) in [6.45, 7) is 6.04. The van der Waals surface area contributed by atoms with Crippen molar-refractivity contribution >= 4 is 22.8 Å². The van der Waals surface area contributed by atoms with Crippen LogP contribution in [0.2, 0.25) is 0 Å². The fraction of sp³-hybridized carbons (Fsp3) is 0.562. The van der Waals surface area contributed by atoms with Crippen LogP contribution in [0.3, 0.4) is 0 Å². The van der Waals surface area contributed by atoms with Crippen LogP contribution in [0, 0.1) is 25.6 Å². The first-order valence-electron chi connectivity index (χ1n) is 7.93. The number of nitrogens with zero attached hydrogens (tertiary/aromatic N) is 3. The Morgan fingerprint density at radius 1 is 1.16 bits per heavy atom. The van der Waals surface area contributed by atoms with Gasteiger partial charge in [-0.05, 0) is 32.3 Å². The number of rotatable bonds is 5. The SMILES string of the molecule is COC1(C)CCCC(C)(C)/C1=N/Nc1ccc([N+](=O)[O-])cc1[N+](=O)[O-]. The fourth-order valence-corrected chi connectivity index (χ4v) is 3.28. The summed E-state index contributed by atoms with van der Waals surface area (Å²) in [7, 11) is 1.62. The van der Waals surface area contributed by atoms with Crippen LogP contribution in [-0.2, 0) is 4.74 Å². The monoisotopic (exact) mass is 350 g/mol. The third kappa shape index (κ3) is 3.76.